The molecule has 8 heteroatoms. The fourth-order valence-corrected chi connectivity index (χ4v) is 2.13. The monoisotopic (exact) mass is 351 g/mol. The number of halogens is 4. The van der Waals surface area contributed by atoms with Gasteiger partial charge in [-0.15, -0.1) is 0 Å². The molecule has 1 amide bonds. The second-order valence-electron chi connectivity index (χ2n) is 4.53. The van der Waals surface area contributed by atoms with Crippen LogP contribution in [0.3, 0.4) is 0 Å². The van der Waals surface area contributed by atoms with Crippen LogP contribution in [0.1, 0.15) is 18.4 Å². The van der Waals surface area contributed by atoms with Crippen molar-refractivity contribution in [2.45, 2.75) is 19.0 Å². The number of benzene rings is 1. The number of hydrogen-bond donors (Lipinski definition) is 2. The first kappa shape index (κ1) is 14.8. The van der Waals surface area contributed by atoms with Gasteiger partial charge in [0.1, 0.15) is 5.41 Å². The summed E-state index contributed by atoms with van der Waals surface area (Å²) in [5, 5.41) is 11.0. The molecular weight excluding hydrogens is 343 g/mol. The molecule has 1 aromatic rings. The van der Waals surface area contributed by atoms with Crippen molar-refractivity contribution >= 4 is 33.5 Å². The summed E-state index contributed by atoms with van der Waals surface area (Å²) in [6, 6.07) is 3.11. The Morgan fingerprint density at radius 3 is 2.35 bits per heavy atom. The number of aliphatic carboxylic acids is 1. The molecule has 0 aliphatic heterocycles. The van der Waals surface area contributed by atoms with Gasteiger partial charge < -0.3 is 10.4 Å². The van der Waals surface area contributed by atoms with E-state index in [-0.39, 0.29) is 12.8 Å². The molecular formula is C12H9BrF3NO3. The molecule has 0 spiro atoms. The van der Waals surface area contributed by atoms with Gasteiger partial charge in [-0.2, -0.15) is 13.2 Å². The maximum atomic E-state index is 12.8. The Bertz CT molecular complexity index is 582. The lowest BCUT2D eigenvalue weighted by Crippen LogP contribution is -2.32. The van der Waals surface area contributed by atoms with E-state index in [0.717, 1.165) is 12.1 Å². The van der Waals surface area contributed by atoms with Gasteiger partial charge in [-0.25, -0.2) is 0 Å². The van der Waals surface area contributed by atoms with Crippen LogP contribution in [0.5, 0.6) is 0 Å². The zero-order chi connectivity index (χ0) is 15.1. The lowest BCUT2D eigenvalue weighted by atomic mass is 10.1. The van der Waals surface area contributed by atoms with Gasteiger partial charge >= 0.3 is 12.1 Å². The Balaban J connectivity index is 2.32. The lowest BCUT2D eigenvalue weighted by Gasteiger charge is -2.16. The van der Waals surface area contributed by atoms with E-state index in [4.69, 9.17) is 5.11 Å². The standard InChI is InChI=1S/C12H9BrF3NO3/c13-6-1-2-7(12(14,15)16)8(5-6)17-9(18)11(3-4-11)10(19)20/h1-2,5H,3-4H2,(H,17,18)(H,19,20). The molecule has 2 rings (SSSR count). The van der Waals surface area contributed by atoms with Crippen LogP contribution in [-0.4, -0.2) is 17.0 Å². The van der Waals surface area contributed by atoms with Crippen LogP contribution in [0.25, 0.3) is 0 Å². The molecule has 0 heterocycles. The predicted octanol–water partition coefficient (Wildman–Crippen LogP) is 3.27. The number of nitrogens with one attached hydrogen (secondary N) is 1. The van der Waals surface area contributed by atoms with Crippen molar-refractivity contribution in [3.05, 3.63) is 28.2 Å². The van der Waals surface area contributed by atoms with Crippen molar-refractivity contribution in [3.8, 4) is 0 Å². The van der Waals surface area contributed by atoms with E-state index in [1.54, 1.807) is 0 Å². The molecule has 0 radical (unpaired) electrons. The molecule has 1 aliphatic carbocycles. The second kappa shape index (κ2) is 4.76. The summed E-state index contributed by atoms with van der Waals surface area (Å²) in [5.74, 6) is -2.24. The highest BCUT2D eigenvalue weighted by Gasteiger charge is 2.57. The normalized spacial score (nSPS) is 16.6. The van der Waals surface area contributed by atoms with Crippen molar-refractivity contribution in [1.82, 2.24) is 0 Å². The third-order valence-corrected chi connectivity index (χ3v) is 3.62. The summed E-state index contributed by atoms with van der Waals surface area (Å²) >= 11 is 3.01. The van der Waals surface area contributed by atoms with Crippen LogP contribution >= 0.6 is 15.9 Å². The Labute approximate surface area is 120 Å². The fourth-order valence-electron chi connectivity index (χ4n) is 1.77. The molecule has 0 saturated heterocycles. The third-order valence-electron chi connectivity index (χ3n) is 3.13. The molecule has 1 fully saturated rings. The number of amides is 1. The first-order valence-electron chi connectivity index (χ1n) is 5.58. The minimum atomic E-state index is -4.64. The number of carbonyl (C=O) groups excluding carboxylic acids is 1. The van der Waals surface area contributed by atoms with Crippen LogP contribution < -0.4 is 5.32 Å². The predicted molar refractivity (Wildman–Crippen MR) is 67.1 cm³/mol. The molecule has 1 aromatic carbocycles. The van der Waals surface area contributed by atoms with Gasteiger partial charge in [0.05, 0.1) is 11.3 Å². The number of anilines is 1. The molecule has 4 nitrogen and oxygen atoms in total. The Morgan fingerprint density at radius 2 is 1.90 bits per heavy atom. The summed E-state index contributed by atoms with van der Waals surface area (Å²) in [7, 11) is 0. The van der Waals surface area contributed by atoms with E-state index < -0.39 is 34.7 Å². The average molecular weight is 352 g/mol. The largest absolute Gasteiger partial charge is 0.480 e. The van der Waals surface area contributed by atoms with Crippen molar-refractivity contribution < 1.29 is 27.9 Å². The van der Waals surface area contributed by atoms with E-state index in [0.29, 0.717) is 4.47 Å². The van der Waals surface area contributed by atoms with Gasteiger partial charge in [0.2, 0.25) is 5.91 Å². The number of hydrogen-bond acceptors (Lipinski definition) is 2. The summed E-state index contributed by atoms with van der Waals surface area (Å²) in [4.78, 5) is 22.8. The number of carboxylic acid groups (broad SMARTS) is 1. The van der Waals surface area contributed by atoms with Crippen molar-refractivity contribution in [1.29, 1.82) is 0 Å². The van der Waals surface area contributed by atoms with E-state index in [2.05, 4.69) is 21.2 Å². The zero-order valence-corrected chi connectivity index (χ0v) is 11.5. The molecule has 0 unspecified atom stereocenters. The van der Waals surface area contributed by atoms with Gasteiger partial charge in [-0.3, -0.25) is 9.59 Å². The van der Waals surface area contributed by atoms with Gasteiger partial charge in [-0.05, 0) is 31.0 Å². The Kier molecular flexibility index (Phi) is 3.53. The third kappa shape index (κ3) is 2.65. The lowest BCUT2D eigenvalue weighted by molar-refractivity contribution is -0.147. The van der Waals surface area contributed by atoms with E-state index in [1.165, 1.54) is 6.07 Å². The van der Waals surface area contributed by atoms with Gasteiger partial charge in [-0.1, -0.05) is 15.9 Å². The molecule has 20 heavy (non-hydrogen) atoms. The van der Waals surface area contributed by atoms with Crippen molar-refractivity contribution in [3.63, 3.8) is 0 Å². The van der Waals surface area contributed by atoms with E-state index in [9.17, 15) is 22.8 Å². The number of rotatable bonds is 3. The highest BCUT2D eigenvalue weighted by Crippen LogP contribution is 2.47. The summed E-state index contributed by atoms with van der Waals surface area (Å²) in [5.41, 5.74) is -3.06. The van der Waals surface area contributed by atoms with Crippen LogP contribution in [0.15, 0.2) is 22.7 Å². The molecule has 0 atom stereocenters. The second-order valence-corrected chi connectivity index (χ2v) is 5.44. The fraction of sp³-hybridized carbons (Fsp3) is 0.333. The van der Waals surface area contributed by atoms with E-state index in [1.807, 2.05) is 0 Å². The highest BCUT2D eigenvalue weighted by atomic mass is 79.9. The molecule has 2 N–H and O–H groups in total. The van der Waals surface area contributed by atoms with E-state index >= 15 is 0 Å². The Hall–Kier alpha value is -1.57. The minimum Gasteiger partial charge on any atom is -0.480 e. The quantitative estimate of drug-likeness (QED) is 0.821. The van der Waals surface area contributed by atoms with Gasteiger partial charge in [0, 0.05) is 4.47 Å². The Morgan fingerprint density at radius 1 is 1.30 bits per heavy atom. The minimum absolute atomic E-state index is 0.128. The van der Waals surface area contributed by atoms with Gasteiger partial charge in [0.15, 0.2) is 0 Å². The molecule has 0 bridgehead atoms. The number of carboxylic acids is 1. The molecule has 1 saturated carbocycles. The van der Waals surface area contributed by atoms with Gasteiger partial charge in [0.25, 0.3) is 0 Å². The van der Waals surface area contributed by atoms with Crippen LogP contribution in [0.2, 0.25) is 0 Å². The SMILES string of the molecule is O=C(O)C1(C(=O)Nc2cc(Br)ccc2C(F)(F)F)CC1. The first-order chi connectivity index (χ1) is 9.17. The van der Waals surface area contributed by atoms with Crippen LogP contribution in [0.4, 0.5) is 18.9 Å². The highest BCUT2D eigenvalue weighted by molar-refractivity contribution is 9.10. The average Bonchev–Trinajstić information content (AvgIpc) is 3.07. The van der Waals surface area contributed by atoms with Crippen molar-refractivity contribution in [2.75, 3.05) is 5.32 Å². The van der Waals surface area contributed by atoms with Crippen LogP contribution in [-0.2, 0) is 15.8 Å². The van der Waals surface area contributed by atoms with Crippen molar-refractivity contribution in [2.24, 2.45) is 5.41 Å². The van der Waals surface area contributed by atoms with Crippen LogP contribution in [0, 0.1) is 5.41 Å². The summed E-state index contributed by atoms with van der Waals surface area (Å²) < 4.78 is 38.8. The maximum Gasteiger partial charge on any atom is 0.418 e. The number of carbonyl (C=O) groups is 2. The molecule has 1 aliphatic rings. The smallest absolute Gasteiger partial charge is 0.418 e. The zero-order valence-electron chi connectivity index (χ0n) is 9.92. The maximum absolute atomic E-state index is 12.8. The molecule has 108 valence electrons. The topological polar surface area (TPSA) is 66.4 Å². The molecule has 0 aromatic heterocycles. The summed E-state index contributed by atoms with van der Waals surface area (Å²) in [6.07, 6.45) is -4.38. The number of alkyl halides is 3. The first-order valence-corrected chi connectivity index (χ1v) is 6.38. The summed E-state index contributed by atoms with van der Waals surface area (Å²) in [6.45, 7) is 0.